The molecule has 72 valence electrons. The molecular weight excluding hydrogens is 176 g/mol. The SMILES string of the molecule is CNCc1cc(O)c2ncccc2c1. The summed E-state index contributed by atoms with van der Waals surface area (Å²) < 4.78 is 0. The van der Waals surface area contributed by atoms with E-state index in [-0.39, 0.29) is 5.75 Å². The number of fused-ring (bicyclic) bond motifs is 1. The Morgan fingerprint density at radius 1 is 1.43 bits per heavy atom. The topological polar surface area (TPSA) is 45.1 Å². The van der Waals surface area contributed by atoms with Crippen molar-refractivity contribution in [3.63, 3.8) is 0 Å². The molecule has 0 fully saturated rings. The van der Waals surface area contributed by atoms with Crippen LogP contribution in [0.4, 0.5) is 0 Å². The first-order chi connectivity index (χ1) is 6.81. The molecule has 3 nitrogen and oxygen atoms in total. The second-order valence-corrected chi connectivity index (χ2v) is 3.22. The van der Waals surface area contributed by atoms with Crippen molar-refractivity contribution in [1.82, 2.24) is 10.3 Å². The maximum absolute atomic E-state index is 9.69. The second-order valence-electron chi connectivity index (χ2n) is 3.22. The molecule has 1 heterocycles. The summed E-state index contributed by atoms with van der Waals surface area (Å²) in [6.07, 6.45) is 1.68. The Bertz CT molecular complexity index is 454. The molecule has 0 aliphatic carbocycles. The minimum atomic E-state index is 0.244. The number of rotatable bonds is 2. The van der Waals surface area contributed by atoms with Crippen LogP contribution in [-0.4, -0.2) is 17.1 Å². The van der Waals surface area contributed by atoms with Gasteiger partial charge in [0.2, 0.25) is 0 Å². The molecule has 0 bridgehead atoms. The van der Waals surface area contributed by atoms with Gasteiger partial charge in [0.1, 0.15) is 11.3 Å². The van der Waals surface area contributed by atoms with E-state index in [1.165, 1.54) is 0 Å². The van der Waals surface area contributed by atoms with E-state index in [4.69, 9.17) is 0 Å². The molecule has 1 aromatic carbocycles. The van der Waals surface area contributed by atoms with Gasteiger partial charge < -0.3 is 10.4 Å². The van der Waals surface area contributed by atoms with Crippen molar-refractivity contribution in [3.8, 4) is 5.75 Å². The van der Waals surface area contributed by atoms with Crippen LogP contribution in [0.25, 0.3) is 10.9 Å². The molecule has 2 N–H and O–H groups in total. The quantitative estimate of drug-likeness (QED) is 0.753. The third kappa shape index (κ3) is 1.54. The van der Waals surface area contributed by atoms with Gasteiger partial charge in [-0.25, -0.2) is 0 Å². The third-order valence-corrected chi connectivity index (χ3v) is 2.13. The van der Waals surface area contributed by atoms with Gasteiger partial charge >= 0.3 is 0 Å². The lowest BCUT2D eigenvalue weighted by molar-refractivity contribution is 0.479. The van der Waals surface area contributed by atoms with E-state index >= 15 is 0 Å². The van der Waals surface area contributed by atoms with E-state index in [2.05, 4.69) is 10.3 Å². The predicted molar refractivity (Wildman–Crippen MR) is 56.2 cm³/mol. The van der Waals surface area contributed by atoms with E-state index in [0.29, 0.717) is 5.52 Å². The lowest BCUT2D eigenvalue weighted by Crippen LogP contribution is -2.04. The molecule has 0 aliphatic heterocycles. The van der Waals surface area contributed by atoms with Gasteiger partial charge in [-0.05, 0) is 30.8 Å². The van der Waals surface area contributed by atoms with Crippen LogP contribution in [0, 0.1) is 0 Å². The summed E-state index contributed by atoms with van der Waals surface area (Å²) in [5.41, 5.74) is 1.72. The van der Waals surface area contributed by atoms with E-state index in [1.807, 2.05) is 25.2 Å². The summed E-state index contributed by atoms with van der Waals surface area (Å²) in [6.45, 7) is 0.748. The highest BCUT2D eigenvalue weighted by atomic mass is 16.3. The normalized spacial score (nSPS) is 10.6. The Hall–Kier alpha value is -1.61. The number of phenolic OH excluding ortho intramolecular Hbond substituents is 1. The summed E-state index contributed by atoms with van der Waals surface area (Å²) in [5, 5.41) is 13.7. The lowest BCUT2D eigenvalue weighted by atomic mass is 10.1. The molecule has 0 atom stereocenters. The second kappa shape index (κ2) is 3.64. The molecule has 0 unspecified atom stereocenters. The highest BCUT2D eigenvalue weighted by Crippen LogP contribution is 2.23. The molecule has 0 saturated carbocycles. The Kier molecular flexibility index (Phi) is 2.33. The predicted octanol–water partition coefficient (Wildman–Crippen LogP) is 1.66. The number of nitrogens with zero attached hydrogens (tertiary/aromatic N) is 1. The fourth-order valence-corrected chi connectivity index (χ4v) is 1.54. The van der Waals surface area contributed by atoms with Gasteiger partial charge in [0.15, 0.2) is 0 Å². The first-order valence-corrected chi connectivity index (χ1v) is 4.52. The molecular formula is C11H12N2O. The Balaban J connectivity index is 2.60. The summed E-state index contributed by atoms with van der Waals surface area (Å²) in [5.74, 6) is 0.244. The number of hydrogen-bond donors (Lipinski definition) is 2. The molecule has 0 saturated heterocycles. The van der Waals surface area contributed by atoms with Crippen LogP contribution in [0.1, 0.15) is 5.56 Å². The minimum Gasteiger partial charge on any atom is -0.506 e. The van der Waals surface area contributed by atoms with Crippen LogP contribution in [0.5, 0.6) is 5.75 Å². The van der Waals surface area contributed by atoms with Gasteiger partial charge in [-0.15, -0.1) is 0 Å². The molecule has 0 spiro atoms. The molecule has 0 amide bonds. The standard InChI is InChI=1S/C11H12N2O/c1-12-7-8-5-9-3-2-4-13-11(9)10(14)6-8/h2-6,12,14H,7H2,1H3. The maximum Gasteiger partial charge on any atom is 0.142 e. The Morgan fingerprint density at radius 2 is 2.29 bits per heavy atom. The van der Waals surface area contributed by atoms with Crippen molar-refractivity contribution in [2.75, 3.05) is 7.05 Å². The van der Waals surface area contributed by atoms with Gasteiger partial charge in [-0.1, -0.05) is 6.07 Å². The number of aromatic nitrogens is 1. The van der Waals surface area contributed by atoms with Crippen LogP contribution in [0.3, 0.4) is 0 Å². The van der Waals surface area contributed by atoms with Gasteiger partial charge in [0, 0.05) is 18.1 Å². The van der Waals surface area contributed by atoms with Crippen LogP contribution >= 0.6 is 0 Å². The number of nitrogens with one attached hydrogen (secondary N) is 1. The number of phenols is 1. The number of pyridine rings is 1. The van der Waals surface area contributed by atoms with Crippen molar-refractivity contribution in [3.05, 3.63) is 36.0 Å². The number of benzene rings is 1. The zero-order chi connectivity index (χ0) is 9.97. The summed E-state index contributed by atoms with van der Waals surface area (Å²) in [6, 6.07) is 7.58. The largest absolute Gasteiger partial charge is 0.506 e. The lowest BCUT2D eigenvalue weighted by Gasteiger charge is -2.04. The first-order valence-electron chi connectivity index (χ1n) is 4.52. The Morgan fingerprint density at radius 3 is 3.07 bits per heavy atom. The summed E-state index contributed by atoms with van der Waals surface area (Å²) in [4.78, 5) is 4.11. The minimum absolute atomic E-state index is 0.244. The smallest absolute Gasteiger partial charge is 0.142 e. The first kappa shape index (κ1) is 8.97. The average Bonchev–Trinajstić information content (AvgIpc) is 2.18. The number of hydrogen-bond acceptors (Lipinski definition) is 3. The molecule has 3 heteroatoms. The van der Waals surface area contributed by atoms with E-state index in [9.17, 15) is 5.11 Å². The van der Waals surface area contributed by atoms with Crippen molar-refractivity contribution >= 4 is 10.9 Å². The van der Waals surface area contributed by atoms with Crippen molar-refractivity contribution in [1.29, 1.82) is 0 Å². The third-order valence-electron chi connectivity index (χ3n) is 2.13. The Labute approximate surface area is 82.4 Å². The van der Waals surface area contributed by atoms with E-state index in [0.717, 1.165) is 17.5 Å². The van der Waals surface area contributed by atoms with Gasteiger partial charge in [0.05, 0.1) is 0 Å². The highest BCUT2D eigenvalue weighted by Gasteiger charge is 2.02. The molecule has 2 aromatic rings. The van der Waals surface area contributed by atoms with Gasteiger partial charge in [-0.2, -0.15) is 0 Å². The summed E-state index contributed by atoms with van der Waals surface area (Å²) in [7, 11) is 1.88. The average molecular weight is 188 g/mol. The summed E-state index contributed by atoms with van der Waals surface area (Å²) >= 11 is 0. The molecule has 0 aliphatic rings. The van der Waals surface area contributed by atoms with Crippen LogP contribution in [-0.2, 0) is 6.54 Å². The van der Waals surface area contributed by atoms with E-state index < -0.39 is 0 Å². The van der Waals surface area contributed by atoms with Crippen LogP contribution < -0.4 is 5.32 Å². The zero-order valence-electron chi connectivity index (χ0n) is 7.99. The van der Waals surface area contributed by atoms with Crippen molar-refractivity contribution in [2.45, 2.75) is 6.54 Å². The van der Waals surface area contributed by atoms with Gasteiger partial charge in [0.25, 0.3) is 0 Å². The highest BCUT2D eigenvalue weighted by molar-refractivity contribution is 5.84. The molecule has 0 radical (unpaired) electrons. The molecule has 2 rings (SSSR count). The van der Waals surface area contributed by atoms with Crippen molar-refractivity contribution in [2.24, 2.45) is 0 Å². The van der Waals surface area contributed by atoms with Gasteiger partial charge in [-0.3, -0.25) is 4.98 Å². The maximum atomic E-state index is 9.69. The molecule has 14 heavy (non-hydrogen) atoms. The van der Waals surface area contributed by atoms with Crippen LogP contribution in [0.15, 0.2) is 30.5 Å². The fourth-order valence-electron chi connectivity index (χ4n) is 1.54. The monoisotopic (exact) mass is 188 g/mol. The fraction of sp³-hybridized carbons (Fsp3) is 0.182. The van der Waals surface area contributed by atoms with Crippen molar-refractivity contribution < 1.29 is 5.11 Å². The van der Waals surface area contributed by atoms with E-state index in [1.54, 1.807) is 12.3 Å². The zero-order valence-corrected chi connectivity index (χ0v) is 7.99. The van der Waals surface area contributed by atoms with Crippen LogP contribution in [0.2, 0.25) is 0 Å². The number of aromatic hydroxyl groups is 1. The molecule has 1 aromatic heterocycles.